The Morgan fingerprint density at radius 3 is 2.39 bits per heavy atom. The second-order valence-corrected chi connectivity index (χ2v) is 4.81. The predicted octanol–water partition coefficient (Wildman–Crippen LogP) is 0.334. The van der Waals surface area contributed by atoms with Crippen LogP contribution in [0.3, 0.4) is 0 Å². The van der Waals surface area contributed by atoms with E-state index in [1.807, 2.05) is 0 Å². The van der Waals surface area contributed by atoms with E-state index in [0.717, 1.165) is 4.68 Å². The molecule has 0 aliphatic rings. The van der Waals surface area contributed by atoms with Gasteiger partial charge in [-0.15, -0.1) is 4.41 Å². The summed E-state index contributed by atoms with van der Waals surface area (Å²) in [5.41, 5.74) is 0.323. The summed E-state index contributed by atoms with van der Waals surface area (Å²) in [6.07, 6.45) is 5.99. The van der Waals surface area contributed by atoms with Gasteiger partial charge in [0.1, 0.15) is 0 Å². The molecule has 94 valence electrons. The number of amides is 1. The van der Waals surface area contributed by atoms with Gasteiger partial charge in [-0.25, -0.2) is 0 Å². The molecule has 0 aliphatic carbocycles. The molecular formula is C10H10N4O3S. The molecule has 7 nitrogen and oxygen atoms in total. The molecule has 8 heteroatoms. The van der Waals surface area contributed by atoms with Crippen molar-refractivity contribution < 1.29 is 13.2 Å². The van der Waals surface area contributed by atoms with Crippen LogP contribution in [0.25, 0.3) is 0 Å². The van der Waals surface area contributed by atoms with Crippen molar-refractivity contribution in [1.82, 2.24) is 9.66 Å². The molecule has 0 saturated carbocycles. The van der Waals surface area contributed by atoms with Crippen LogP contribution >= 0.6 is 0 Å². The molecule has 18 heavy (non-hydrogen) atoms. The second kappa shape index (κ2) is 4.88. The lowest BCUT2D eigenvalue weighted by molar-refractivity contribution is -0.107. The van der Waals surface area contributed by atoms with Gasteiger partial charge in [-0.2, -0.15) is 8.42 Å². The maximum absolute atomic E-state index is 12.0. The standard InChI is InChI=1S/C10H10N4O3S/c15-9-14(13-7-1-2-8-13)18(16,17)12-10-3-5-11-6-4-10/h1-9H,(H,11,12). The summed E-state index contributed by atoms with van der Waals surface area (Å²) in [7, 11) is -4.00. The van der Waals surface area contributed by atoms with E-state index in [9.17, 15) is 13.2 Å². The first-order valence-corrected chi connectivity index (χ1v) is 6.38. The fourth-order valence-corrected chi connectivity index (χ4v) is 2.31. The highest BCUT2D eigenvalue weighted by Crippen LogP contribution is 2.08. The summed E-state index contributed by atoms with van der Waals surface area (Å²) in [4.78, 5) is 14.7. The van der Waals surface area contributed by atoms with Crippen LogP contribution < -0.4 is 9.14 Å². The van der Waals surface area contributed by atoms with Gasteiger partial charge in [-0.3, -0.25) is 19.2 Å². The minimum absolute atomic E-state index is 0.212. The van der Waals surface area contributed by atoms with Crippen molar-refractivity contribution in [3.8, 4) is 0 Å². The smallest absolute Gasteiger partial charge is 0.276 e. The molecule has 2 aromatic heterocycles. The summed E-state index contributed by atoms with van der Waals surface area (Å²) in [6, 6.07) is 6.18. The summed E-state index contributed by atoms with van der Waals surface area (Å²) in [5.74, 6) is 0. The minimum Gasteiger partial charge on any atom is -0.276 e. The lowest BCUT2D eigenvalue weighted by Crippen LogP contribution is -2.42. The minimum atomic E-state index is -4.00. The first-order chi connectivity index (χ1) is 8.63. The number of carbonyl (C=O) groups is 1. The van der Waals surface area contributed by atoms with E-state index in [0.29, 0.717) is 10.1 Å². The van der Waals surface area contributed by atoms with Crippen molar-refractivity contribution in [2.24, 2.45) is 0 Å². The zero-order chi connectivity index (χ0) is 13.0. The molecule has 0 saturated heterocycles. The summed E-state index contributed by atoms with van der Waals surface area (Å²) < 4.78 is 27.9. The number of hydrogen-bond donors (Lipinski definition) is 1. The van der Waals surface area contributed by atoms with Crippen molar-refractivity contribution >= 4 is 22.3 Å². The molecule has 0 radical (unpaired) electrons. The Labute approximate surface area is 104 Å². The number of aromatic nitrogens is 2. The Kier molecular flexibility index (Phi) is 3.28. The molecule has 0 aliphatic heterocycles. The second-order valence-electron chi connectivity index (χ2n) is 3.28. The molecule has 0 aromatic carbocycles. The third-order valence-corrected chi connectivity index (χ3v) is 3.34. The first kappa shape index (κ1) is 12.1. The molecule has 2 aromatic rings. The van der Waals surface area contributed by atoms with Gasteiger partial charge in [-0.1, -0.05) is 0 Å². The number of nitrogens with one attached hydrogen (secondary N) is 1. The third kappa shape index (κ3) is 2.48. The van der Waals surface area contributed by atoms with Crippen molar-refractivity contribution in [3.05, 3.63) is 49.1 Å². The highest BCUT2D eigenvalue weighted by Gasteiger charge is 2.21. The van der Waals surface area contributed by atoms with Crippen LogP contribution in [0, 0.1) is 0 Å². The molecule has 1 amide bonds. The molecule has 0 spiro atoms. The topological polar surface area (TPSA) is 84.3 Å². The lowest BCUT2D eigenvalue weighted by atomic mass is 10.4. The molecule has 0 bridgehead atoms. The molecule has 0 unspecified atom stereocenters. The average Bonchev–Trinajstić information content (AvgIpc) is 2.83. The van der Waals surface area contributed by atoms with Crippen molar-refractivity contribution in [1.29, 1.82) is 0 Å². The summed E-state index contributed by atoms with van der Waals surface area (Å²) in [5, 5.41) is 0. The fourth-order valence-electron chi connectivity index (χ4n) is 1.31. The Hall–Kier alpha value is -2.35. The van der Waals surface area contributed by atoms with Crippen LogP contribution in [0.4, 0.5) is 5.69 Å². The predicted molar refractivity (Wildman–Crippen MR) is 65.5 cm³/mol. The van der Waals surface area contributed by atoms with Gasteiger partial charge in [0.05, 0.1) is 5.69 Å². The van der Waals surface area contributed by atoms with Crippen LogP contribution in [0.2, 0.25) is 0 Å². The van der Waals surface area contributed by atoms with E-state index in [4.69, 9.17) is 0 Å². The quantitative estimate of drug-likeness (QED) is 0.791. The van der Waals surface area contributed by atoms with E-state index in [2.05, 4.69) is 9.71 Å². The molecule has 0 fully saturated rings. The lowest BCUT2D eigenvalue weighted by Gasteiger charge is -2.19. The number of carbonyl (C=O) groups excluding carboxylic acids is 1. The molecular weight excluding hydrogens is 256 g/mol. The highest BCUT2D eigenvalue weighted by atomic mass is 32.2. The molecule has 0 atom stereocenters. The number of hydrogen-bond acceptors (Lipinski definition) is 4. The SMILES string of the molecule is O=CN(n1cccc1)S(=O)(=O)Nc1ccncc1. The number of pyridine rings is 1. The van der Waals surface area contributed by atoms with Crippen LogP contribution in [-0.2, 0) is 15.0 Å². The van der Waals surface area contributed by atoms with E-state index in [1.165, 1.54) is 36.9 Å². The van der Waals surface area contributed by atoms with Gasteiger partial charge < -0.3 is 0 Å². The zero-order valence-electron chi connectivity index (χ0n) is 9.17. The van der Waals surface area contributed by atoms with Crippen LogP contribution in [0.15, 0.2) is 49.1 Å². The number of rotatable bonds is 5. The highest BCUT2D eigenvalue weighted by molar-refractivity contribution is 7.94. The van der Waals surface area contributed by atoms with Gasteiger partial charge in [0.15, 0.2) is 0 Å². The van der Waals surface area contributed by atoms with Crippen molar-refractivity contribution in [2.45, 2.75) is 0 Å². The van der Waals surface area contributed by atoms with Crippen molar-refractivity contribution in [3.63, 3.8) is 0 Å². The molecule has 1 N–H and O–H groups in total. The number of nitrogens with zero attached hydrogens (tertiary/aromatic N) is 3. The first-order valence-electron chi connectivity index (χ1n) is 4.94. The van der Waals surface area contributed by atoms with Crippen LogP contribution in [0.5, 0.6) is 0 Å². The Balaban J connectivity index is 2.28. The summed E-state index contributed by atoms with van der Waals surface area (Å²) >= 11 is 0. The van der Waals surface area contributed by atoms with Crippen LogP contribution in [0.1, 0.15) is 0 Å². The van der Waals surface area contributed by atoms with E-state index < -0.39 is 10.2 Å². The average molecular weight is 266 g/mol. The zero-order valence-corrected chi connectivity index (χ0v) is 9.99. The number of anilines is 1. The van der Waals surface area contributed by atoms with Gasteiger partial charge in [0.2, 0.25) is 6.41 Å². The van der Waals surface area contributed by atoms with Crippen LogP contribution in [-0.4, -0.2) is 24.5 Å². The largest absolute Gasteiger partial charge is 0.344 e. The van der Waals surface area contributed by atoms with E-state index in [1.54, 1.807) is 12.1 Å². The van der Waals surface area contributed by atoms with E-state index >= 15 is 0 Å². The van der Waals surface area contributed by atoms with Gasteiger partial charge in [0, 0.05) is 24.8 Å². The third-order valence-electron chi connectivity index (χ3n) is 2.08. The Morgan fingerprint density at radius 2 is 1.83 bits per heavy atom. The maximum atomic E-state index is 12.0. The fraction of sp³-hybridized carbons (Fsp3) is 0. The molecule has 2 heterocycles. The van der Waals surface area contributed by atoms with Gasteiger partial charge in [0.25, 0.3) is 0 Å². The Morgan fingerprint density at radius 1 is 1.22 bits per heavy atom. The normalized spacial score (nSPS) is 10.9. The Bertz CT molecular complexity index is 610. The van der Waals surface area contributed by atoms with Gasteiger partial charge in [-0.05, 0) is 24.3 Å². The summed E-state index contributed by atoms with van der Waals surface area (Å²) in [6.45, 7) is 0. The van der Waals surface area contributed by atoms with E-state index in [-0.39, 0.29) is 6.41 Å². The van der Waals surface area contributed by atoms with Gasteiger partial charge >= 0.3 is 10.2 Å². The maximum Gasteiger partial charge on any atom is 0.344 e. The monoisotopic (exact) mass is 266 g/mol. The molecule has 2 rings (SSSR count). The van der Waals surface area contributed by atoms with Crippen molar-refractivity contribution in [2.75, 3.05) is 9.14 Å².